The van der Waals surface area contributed by atoms with Gasteiger partial charge >= 0.3 is 0 Å². The lowest BCUT2D eigenvalue weighted by atomic mass is 10.1. The number of hydrogen-bond donors (Lipinski definition) is 0. The van der Waals surface area contributed by atoms with E-state index < -0.39 is 0 Å². The lowest BCUT2D eigenvalue weighted by Crippen LogP contribution is -2.09. The van der Waals surface area contributed by atoms with Crippen LogP contribution < -0.4 is 19.3 Å². The molecule has 0 bridgehead atoms. The van der Waals surface area contributed by atoms with Crippen molar-refractivity contribution >= 4 is 34.1 Å². The second-order valence-corrected chi connectivity index (χ2v) is 12.3. The van der Waals surface area contributed by atoms with Crippen molar-refractivity contribution in [3.8, 4) is 34.1 Å². The highest BCUT2D eigenvalue weighted by Crippen LogP contribution is 2.37. The van der Waals surface area contributed by atoms with E-state index in [1.807, 2.05) is 72.8 Å². The molecule has 0 aromatic heterocycles. The van der Waals surface area contributed by atoms with Gasteiger partial charge in [-0.2, -0.15) is 0 Å². The first-order valence-corrected chi connectivity index (χ1v) is 17.3. The summed E-state index contributed by atoms with van der Waals surface area (Å²) in [6, 6.07) is 74.2. The second-order valence-electron chi connectivity index (χ2n) is 12.3. The molecule has 250 valence electrons. The van der Waals surface area contributed by atoms with E-state index in [-0.39, 0.29) is 0 Å². The molecule has 0 aliphatic heterocycles. The Bertz CT molecular complexity index is 2050. The lowest BCUT2D eigenvalue weighted by Gasteiger charge is -2.25. The van der Waals surface area contributed by atoms with E-state index in [0.717, 1.165) is 68.2 Å². The third kappa shape index (κ3) is 7.42. The average molecular weight is 673 g/mol. The summed E-state index contributed by atoms with van der Waals surface area (Å²) in [5, 5.41) is 0. The Hall–Kier alpha value is -7.04. The average Bonchev–Trinajstić information content (AvgIpc) is 3.22. The van der Waals surface area contributed by atoms with E-state index in [2.05, 4.69) is 155 Å². The first kappa shape index (κ1) is 32.2. The zero-order valence-electron chi connectivity index (χ0n) is 28.5. The summed E-state index contributed by atoms with van der Waals surface area (Å²) in [7, 11) is 0. The molecule has 8 aromatic rings. The zero-order chi connectivity index (χ0) is 35.0. The molecule has 0 saturated carbocycles. The number of rotatable bonds is 11. The van der Waals surface area contributed by atoms with Gasteiger partial charge in [0.25, 0.3) is 0 Å². The lowest BCUT2D eigenvalue weighted by molar-refractivity contribution is 0.482. The van der Waals surface area contributed by atoms with Crippen LogP contribution in [-0.2, 0) is 0 Å². The molecule has 8 rings (SSSR count). The van der Waals surface area contributed by atoms with Crippen LogP contribution in [0.1, 0.15) is 0 Å². The quantitative estimate of drug-likeness (QED) is 0.137. The van der Waals surface area contributed by atoms with Crippen LogP contribution in [0.5, 0.6) is 23.0 Å². The van der Waals surface area contributed by atoms with Crippen LogP contribution >= 0.6 is 0 Å². The topological polar surface area (TPSA) is 24.9 Å². The van der Waals surface area contributed by atoms with E-state index in [1.54, 1.807) is 0 Å². The van der Waals surface area contributed by atoms with Gasteiger partial charge in [-0.25, -0.2) is 0 Å². The van der Waals surface area contributed by atoms with Crippen LogP contribution in [-0.4, -0.2) is 0 Å². The number of benzene rings is 8. The van der Waals surface area contributed by atoms with Gasteiger partial charge in [-0.3, -0.25) is 0 Å². The molecule has 0 atom stereocenters. The molecule has 4 heteroatoms. The highest BCUT2D eigenvalue weighted by Gasteiger charge is 2.13. The summed E-state index contributed by atoms with van der Waals surface area (Å²) >= 11 is 0. The smallest absolute Gasteiger partial charge is 0.127 e. The summed E-state index contributed by atoms with van der Waals surface area (Å²) in [5.41, 5.74) is 8.71. The largest absolute Gasteiger partial charge is 0.457 e. The van der Waals surface area contributed by atoms with E-state index in [0.29, 0.717) is 0 Å². The van der Waals surface area contributed by atoms with Gasteiger partial charge in [0.15, 0.2) is 0 Å². The van der Waals surface area contributed by atoms with Gasteiger partial charge in [0.05, 0.1) is 0 Å². The Balaban J connectivity index is 0.914. The van der Waals surface area contributed by atoms with E-state index in [4.69, 9.17) is 9.47 Å². The van der Waals surface area contributed by atoms with Crippen molar-refractivity contribution < 1.29 is 9.47 Å². The van der Waals surface area contributed by atoms with E-state index in [9.17, 15) is 0 Å². The first-order chi connectivity index (χ1) is 25.8. The van der Waals surface area contributed by atoms with Crippen molar-refractivity contribution in [1.82, 2.24) is 0 Å². The van der Waals surface area contributed by atoms with Crippen molar-refractivity contribution in [2.24, 2.45) is 0 Å². The van der Waals surface area contributed by atoms with Crippen molar-refractivity contribution in [3.05, 3.63) is 218 Å². The van der Waals surface area contributed by atoms with Crippen LogP contribution in [0.3, 0.4) is 0 Å². The maximum atomic E-state index is 6.23. The van der Waals surface area contributed by atoms with Gasteiger partial charge in [0, 0.05) is 34.1 Å². The van der Waals surface area contributed by atoms with Crippen LogP contribution in [0.25, 0.3) is 11.1 Å². The Labute approximate surface area is 305 Å². The number of anilines is 6. The van der Waals surface area contributed by atoms with Crippen LogP contribution in [0, 0.1) is 0 Å². The normalized spacial score (nSPS) is 10.7. The number of nitrogens with zero attached hydrogens (tertiary/aromatic N) is 2. The number of para-hydroxylation sites is 4. The standard InChI is InChI=1S/C48H36N2O2/c1-5-13-39(14-6-1)49(40-15-7-2-8-16-40)43-25-33-47(34-26-43)51-45-29-21-37(22-30-45)38-23-31-46(32-24-38)52-48-35-27-44(28-36-48)50(41-17-9-3-10-18-41)42-19-11-4-12-20-42/h1-36H. The molecule has 0 fully saturated rings. The molecule has 0 N–H and O–H groups in total. The predicted octanol–water partition coefficient (Wildman–Crippen LogP) is 13.9. The molecular weight excluding hydrogens is 637 g/mol. The molecular formula is C48H36N2O2. The Morgan fingerprint density at radius 1 is 0.212 bits per heavy atom. The fraction of sp³-hybridized carbons (Fsp3) is 0. The van der Waals surface area contributed by atoms with Gasteiger partial charge in [0.1, 0.15) is 23.0 Å². The molecule has 0 amide bonds. The van der Waals surface area contributed by atoms with Crippen molar-refractivity contribution in [3.63, 3.8) is 0 Å². The molecule has 0 heterocycles. The molecule has 0 unspecified atom stereocenters. The Morgan fingerprint density at radius 3 is 0.673 bits per heavy atom. The van der Waals surface area contributed by atoms with Crippen molar-refractivity contribution in [2.45, 2.75) is 0 Å². The van der Waals surface area contributed by atoms with Crippen molar-refractivity contribution in [1.29, 1.82) is 0 Å². The summed E-state index contributed by atoms with van der Waals surface area (Å²) in [5.74, 6) is 3.11. The van der Waals surface area contributed by atoms with Gasteiger partial charge in [0.2, 0.25) is 0 Å². The maximum Gasteiger partial charge on any atom is 0.127 e. The van der Waals surface area contributed by atoms with Gasteiger partial charge in [-0.1, -0.05) is 97.1 Å². The highest BCUT2D eigenvalue weighted by atomic mass is 16.5. The molecule has 0 spiro atoms. The number of hydrogen-bond acceptors (Lipinski definition) is 4. The minimum Gasteiger partial charge on any atom is -0.457 e. The third-order valence-corrected chi connectivity index (χ3v) is 8.76. The fourth-order valence-corrected chi connectivity index (χ4v) is 6.23. The molecule has 8 aromatic carbocycles. The first-order valence-electron chi connectivity index (χ1n) is 17.3. The molecule has 4 nitrogen and oxygen atoms in total. The third-order valence-electron chi connectivity index (χ3n) is 8.76. The van der Waals surface area contributed by atoms with E-state index >= 15 is 0 Å². The highest BCUT2D eigenvalue weighted by molar-refractivity contribution is 5.78. The van der Waals surface area contributed by atoms with E-state index in [1.165, 1.54) is 0 Å². The SMILES string of the molecule is c1ccc(N(c2ccccc2)c2ccc(Oc3ccc(-c4ccc(Oc5ccc(N(c6ccccc6)c6ccccc6)cc5)cc4)cc3)cc2)cc1. The summed E-state index contributed by atoms with van der Waals surface area (Å²) in [6.45, 7) is 0. The molecule has 0 radical (unpaired) electrons. The van der Waals surface area contributed by atoms with Crippen LogP contribution in [0.2, 0.25) is 0 Å². The minimum atomic E-state index is 0.778. The summed E-state index contributed by atoms with van der Waals surface area (Å²) < 4.78 is 12.5. The van der Waals surface area contributed by atoms with Gasteiger partial charge in [-0.05, 0) is 132 Å². The van der Waals surface area contributed by atoms with Crippen LogP contribution in [0.4, 0.5) is 34.1 Å². The maximum absolute atomic E-state index is 6.23. The number of ether oxygens (including phenoxy) is 2. The van der Waals surface area contributed by atoms with Gasteiger partial charge < -0.3 is 19.3 Å². The summed E-state index contributed by atoms with van der Waals surface area (Å²) in [6.07, 6.45) is 0. The molecule has 0 saturated heterocycles. The van der Waals surface area contributed by atoms with Gasteiger partial charge in [-0.15, -0.1) is 0 Å². The molecule has 0 aliphatic rings. The van der Waals surface area contributed by atoms with Crippen LogP contribution in [0.15, 0.2) is 218 Å². The molecule has 52 heavy (non-hydrogen) atoms. The second kappa shape index (κ2) is 15.2. The van der Waals surface area contributed by atoms with Crippen molar-refractivity contribution in [2.75, 3.05) is 9.80 Å². The monoisotopic (exact) mass is 672 g/mol. The Kier molecular flexibility index (Phi) is 9.43. The summed E-state index contributed by atoms with van der Waals surface area (Å²) in [4.78, 5) is 4.47. The minimum absolute atomic E-state index is 0.778. The molecule has 0 aliphatic carbocycles. The Morgan fingerprint density at radius 2 is 0.423 bits per heavy atom. The predicted molar refractivity (Wildman–Crippen MR) is 214 cm³/mol. The fourth-order valence-electron chi connectivity index (χ4n) is 6.23. The zero-order valence-corrected chi connectivity index (χ0v) is 28.5.